The number of aromatic carboxylic acids is 1. The number of carboxylic acids is 1. The zero-order valence-corrected chi connectivity index (χ0v) is 12.9. The van der Waals surface area contributed by atoms with E-state index in [9.17, 15) is 14.0 Å². The molecule has 0 bridgehead atoms. The second-order valence-corrected chi connectivity index (χ2v) is 6.00. The molecule has 116 valence electrons. The molecule has 4 nitrogen and oxygen atoms in total. The topological polar surface area (TPSA) is 57.6 Å². The molecule has 1 aromatic rings. The smallest absolute Gasteiger partial charge is 0.335 e. The van der Waals surface area contributed by atoms with Gasteiger partial charge in [-0.2, -0.15) is 0 Å². The van der Waals surface area contributed by atoms with Crippen LogP contribution in [0, 0.1) is 17.7 Å². The minimum Gasteiger partial charge on any atom is -0.478 e. The number of nitrogens with zero attached hydrogens (tertiary/aromatic N) is 1. The molecule has 0 aliphatic carbocycles. The average Bonchev–Trinajstić information content (AvgIpc) is 2.35. The van der Waals surface area contributed by atoms with Crippen LogP contribution in [0.5, 0.6) is 0 Å². The molecule has 21 heavy (non-hydrogen) atoms. The van der Waals surface area contributed by atoms with Crippen LogP contribution in [-0.2, 0) is 0 Å². The minimum absolute atomic E-state index is 0.0821. The Hall–Kier alpha value is -1.91. The Morgan fingerprint density at radius 1 is 1.14 bits per heavy atom. The van der Waals surface area contributed by atoms with Crippen LogP contribution in [0.4, 0.5) is 4.39 Å². The van der Waals surface area contributed by atoms with Gasteiger partial charge in [-0.3, -0.25) is 4.79 Å². The van der Waals surface area contributed by atoms with Gasteiger partial charge in [0, 0.05) is 13.1 Å². The normalized spacial score (nSPS) is 11.0. The summed E-state index contributed by atoms with van der Waals surface area (Å²) in [5.74, 6) is -1.86. The van der Waals surface area contributed by atoms with Gasteiger partial charge in [-0.05, 0) is 30.0 Å². The van der Waals surface area contributed by atoms with Gasteiger partial charge in [-0.15, -0.1) is 0 Å². The second-order valence-electron chi connectivity index (χ2n) is 6.00. The number of halogens is 1. The maximum absolute atomic E-state index is 14.0. The van der Waals surface area contributed by atoms with Gasteiger partial charge in [-0.25, -0.2) is 9.18 Å². The Balaban J connectivity index is 3.05. The molecule has 0 radical (unpaired) electrons. The van der Waals surface area contributed by atoms with Crippen molar-refractivity contribution in [2.45, 2.75) is 27.7 Å². The number of benzene rings is 1. The van der Waals surface area contributed by atoms with Crippen LogP contribution in [0.3, 0.4) is 0 Å². The van der Waals surface area contributed by atoms with Gasteiger partial charge in [-0.1, -0.05) is 27.7 Å². The molecule has 0 spiro atoms. The van der Waals surface area contributed by atoms with Crippen LogP contribution in [-0.4, -0.2) is 35.0 Å². The molecule has 0 aromatic heterocycles. The number of carbonyl (C=O) groups is 2. The van der Waals surface area contributed by atoms with Crippen molar-refractivity contribution < 1.29 is 19.1 Å². The molecule has 0 heterocycles. The van der Waals surface area contributed by atoms with Gasteiger partial charge in [0.25, 0.3) is 5.91 Å². The van der Waals surface area contributed by atoms with E-state index in [2.05, 4.69) is 0 Å². The zero-order chi connectivity index (χ0) is 16.2. The van der Waals surface area contributed by atoms with E-state index in [1.54, 1.807) is 4.90 Å². The van der Waals surface area contributed by atoms with E-state index in [0.717, 1.165) is 6.07 Å². The fraction of sp³-hybridized carbons (Fsp3) is 0.500. The summed E-state index contributed by atoms with van der Waals surface area (Å²) in [5, 5.41) is 8.82. The van der Waals surface area contributed by atoms with Crippen molar-refractivity contribution in [3.8, 4) is 0 Å². The van der Waals surface area contributed by atoms with Gasteiger partial charge in [0.2, 0.25) is 0 Å². The SMILES string of the molecule is CC(C)CN(CC(C)C)C(=O)c1ccc(C(=O)O)cc1F. The first-order valence-electron chi connectivity index (χ1n) is 7.04. The van der Waals surface area contributed by atoms with Gasteiger partial charge >= 0.3 is 5.97 Å². The van der Waals surface area contributed by atoms with E-state index >= 15 is 0 Å². The van der Waals surface area contributed by atoms with Crippen molar-refractivity contribution in [3.63, 3.8) is 0 Å². The van der Waals surface area contributed by atoms with E-state index in [4.69, 9.17) is 5.11 Å². The summed E-state index contributed by atoms with van der Waals surface area (Å²) in [7, 11) is 0. The fourth-order valence-electron chi connectivity index (χ4n) is 2.11. The highest BCUT2D eigenvalue weighted by Crippen LogP contribution is 2.15. The molecule has 0 unspecified atom stereocenters. The van der Waals surface area contributed by atoms with Crippen LogP contribution in [0.2, 0.25) is 0 Å². The molecule has 0 saturated carbocycles. The Morgan fingerprint density at radius 2 is 1.67 bits per heavy atom. The lowest BCUT2D eigenvalue weighted by molar-refractivity contribution is 0.0687. The first-order valence-corrected chi connectivity index (χ1v) is 7.04. The third-order valence-electron chi connectivity index (χ3n) is 2.90. The third kappa shape index (κ3) is 4.85. The third-order valence-corrected chi connectivity index (χ3v) is 2.90. The van der Waals surface area contributed by atoms with Crippen LogP contribution in [0.1, 0.15) is 48.4 Å². The molecular weight excluding hydrogens is 273 g/mol. The second kappa shape index (κ2) is 7.20. The van der Waals surface area contributed by atoms with E-state index in [0.29, 0.717) is 13.1 Å². The highest BCUT2D eigenvalue weighted by Gasteiger charge is 2.21. The average molecular weight is 295 g/mol. The standard InChI is InChI=1S/C16H22FNO3/c1-10(2)8-18(9-11(3)4)15(19)13-6-5-12(16(20)21)7-14(13)17/h5-7,10-11H,8-9H2,1-4H3,(H,20,21). The number of carbonyl (C=O) groups excluding carboxylic acids is 1. The Kier molecular flexibility index (Phi) is 5.88. The summed E-state index contributed by atoms with van der Waals surface area (Å²) in [6.07, 6.45) is 0. The lowest BCUT2D eigenvalue weighted by Crippen LogP contribution is -2.37. The Morgan fingerprint density at radius 3 is 2.05 bits per heavy atom. The molecular formula is C16H22FNO3. The van der Waals surface area contributed by atoms with E-state index in [-0.39, 0.29) is 23.0 Å². The first-order chi connectivity index (χ1) is 9.72. The summed E-state index contributed by atoms with van der Waals surface area (Å²) >= 11 is 0. The van der Waals surface area contributed by atoms with Crippen molar-refractivity contribution in [1.29, 1.82) is 0 Å². The maximum Gasteiger partial charge on any atom is 0.335 e. The van der Waals surface area contributed by atoms with Crippen molar-refractivity contribution in [1.82, 2.24) is 4.90 Å². The molecule has 5 heteroatoms. The van der Waals surface area contributed by atoms with E-state index in [1.807, 2.05) is 27.7 Å². The predicted octanol–water partition coefficient (Wildman–Crippen LogP) is 3.28. The molecule has 1 rings (SSSR count). The van der Waals surface area contributed by atoms with Gasteiger partial charge in [0.15, 0.2) is 0 Å². The first kappa shape index (κ1) is 17.1. The number of amides is 1. The highest BCUT2D eigenvalue weighted by atomic mass is 19.1. The molecule has 0 atom stereocenters. The molecule has 1 aromatic carbocycles. The molecule has 0 aliphatic heterocycles. The van der Waals surface area contributed by atoms with Crippen LogP contribution in [0.15, 0.2) is 18.2 Å². The molecule has 1 amide bonds. The summed E-state index contributed by atoms with van der Waals surface area (Å²) in [5.41, 5.74) is -0.246. The Labute approximate surface area is 124 Å². The quantitative estimate of drug-likeness (QED) is 0.876. The van der Waals surface area contributed by atoms with Crippen LogP contribution in [0.25, 0.3) is 0 Å². The van der Waals surface area contributed by atoms with E-state index in [1.165, 1.54) is 12.1 Å². The largest absolute Gasteiger partial charge is 0.478 e. The van der Waals surface area contributed by atoms with Crippen molar-refractivity contribution in [3.05, 3.63) is 35.1 Å². The van der Waals surface area contributed by atoms with Gasteiger partial charge in [0.1, 0.15) is 5.82 Å². The summed E-state index contributed by atoms with van der Waals surface area (Å²) in [6.45, 7) is 9.04. The van der Waals surface area contributed by atoms with Crippen molar-refractivity contribution in [2.75, 3.05) is 13.1 Å². The zero-order valence-electron chi connectivity index (χ0n) is 12.9. The highest BCUT2D eigenvalue weighted by molar-refractivity contribution is 5.96. The number of rotatable bonds is 6. The number of carboxylic acid groups (broad SMARTS) is 1. The molecule has 1 N–H and O–H groups in total. The summed E-state index contributed by atoms with van der Waals surface area (Å²) in [6, 6.07) is 3.38. The van der Waals surface area contributed by atoms with Crippen molar-refractivity contribution in [2.24, 2.45) is 11.8 Å². The van der Waals surface area contributed by atoms with Gasteiger partial charge < -0.3 is 10.0 Å². The molecule has 0 fully saturated rings. The minimum atomic E-state index is -1.21. The van der Waals surface area contributed by atoms with Crippen LogP contribution >= 0.6 is 0 Å². The molecule has 0 aliphatic rings. The number of hydrogen-bond acceptors (Lipinski definition) is 2. The van der Waals surface area contributed by atoms with Gasteiger partial charge in [0.05, 0.1) is 11.1 Å². The Bertz CT molecular complexity index is 516. The summed E-state index contributed by atoms with van der Waals surface area (Å²) in [4.78, 5) is 24.9. The predicted molar refractivity (Wildman–Crippen MR) is 78.9 cm³/mol. The van der Waals surface area contributed by atoms with Crippen molar-refractivity contribution >= 4 is 11.9 Å². The van der Waals surface area contributed by atoms with Crippen LogP contribution < -0.4 is 0 Å². The summed E-state index contributed by atoms with van der Waals surface area (Å²) < 4.78 is 14.0. The lowest BCUT2D eigenvalue weighted by Gasteiger charge is -2.26. The number of hydrogen-bond donors (Lipinski definition) is 1. The monoisotopic (exact) mass is 295 g/mol. The fourth-order valence-corrected chi connectivity index (χ4v) is 2.11. The lowest BCUT2D eigenvalue weighted by atomic mass is 10.1. The maximum atomic E-state index is 14.0. The van der Waals surface area contributed by atoms with E-state index < -0.39 is 17.7 Å². The molecule has 0 saturated heterocycles.